The third-order valence-electron chi connectivity index (χ3n) is 4.45. The second kappa shape index (κ2) is 11.7. The molecule has 0 aliphatic rings. The van der Waals surface area contributed by atoms with E-state index in [4.69, 9.17) is 10.5 Å². The van der Waals surface area contributed by atoms with Crippen molar-refractivity contribution in [2.45, 2.75) is 13.8 Å². The molecule has 0 saturated carbocycles. The van der Waals surface area contributed by atoms with Crippen LogP contribution in [0, 0.1) is 36.5 Å². The zero-order valence-electron chi connectivity index (χ0n) is 17.9. The van der Waals surface area contributed by atoms with Crippen LogP contribution in [-0.2, 0) is 7.05 Å². The lowest BCUT2D eigenvalue weighted by molar-refractivity contribution is 0.858. The molecule has 4 rings (SSSR count). The number of nitrogens with zero attached hydrogens (tertiary/aromatic N) is 5. The molecular weight excluding hydrogens is 499 g/mol. The lowest BCUT2D eigenvalue weighted by atomic mass is 10.1. The minimum atomic E-state index is 0.671. The van der Waals surface area contributed by atoms with E-state index in [1.54, 1.807) is 30.5 Å². The first-order chi connectivity index (χ1) is 15.0. The number of nitriles is 2. The average molecular weight is 522 g/mol. The Hall–Kier alpha value is -3.43. The molecule has 4 aromatic rings. The second-order valence-electron chi connectivity index (χ2n) is 6.54. The van der Waals surface area contributed by atoms with Gasteiger partial charge in [-0.25, -0.2) is 9.97 Å². The van der Waals surface area contributed by atoms with Crippen molar-refractivity contribution in [2.24, 2.45) is 7.05 Å². The number of halogens is 1. The van der Waals surface area contributed by atoms with Gasteiger partial charge in [-0.05, 0) is 48.6 Å². The van der Waals surface area contributed by atoms with Crippen LogP contribution in [0.4, 0.5) is 0 Å². The zero-order chi connectivity index (χ0) is 22.8. The number of aryl methyl sites for hydroxylation is 3. The summed E-state index contributed by atoms with van der Waals surface area (Å²) in [6.07, 6.45) is 3.77. The Labute approximate surface area is 196 Å². The predicted molar refractivity (Wildman–Crippen MR) is 132 cm³/mol. The van der Waals surface area contributed by atoms with Gasteiger partial charge in [-0.3, -0.25) is 0 Å². The highest BCUT2D eigenvalue weighted by Gasteiger charge is 2.03. The Balaban J connectivity index is 0.000000204. The Kier molecular flexibility index (Phi) is 8.98. The fourth-order valence-corrected chi connectivity index (χ4v) is 2.71. The molecule has 0 fully saturated rings. The van der Waals surface area contributed by atoms with Crippen LogP contribution >= 0.6 is 22.6 Å². The Morgan fingerprint density at radius 1 is 0.871 bits per heavy atom. The van der Waals surface area contributed by atoms with Gasteiger partial charge in [-0.2, -0.15) is 10.5 Å². The maximum absolute atomic E-state index is 8.68. The highest BCUT2D eigenvalue weighted by atomic mass is 127. The second-order valence-corrected chi connectivity index (χ2v) is 6.54. The number of benzene rings is 2. The van der Waals surface area contributed by atoms with Gasteiger partial charge in [0.2, 0.25) is 0 Å². The Morgan fingerprint density at radius 3 is 1.77 bits per heavy atom. The van der Waals surface area contributed by atoms with Gasteiger partial charge in [-0.1, -0.05) is 46.9 Å². The molecule has 0 atom stereocenters. The molecule has 7 heteroatoms. The van der Waals surface area contributed by atoms with E-state index < -0.39 is 0 Å². The predicted octanol–water partition coefficient (Wildman–Crippen LogP) is 5.58. The summed E-state index contributed by atoms with van der Waals surface area (Å²) in [7, 11) is 1.97. The highest BCUT2D eigenvalue weighted by molar-refractivity contribution is 14.1. The van der Waals surface area contributed by atoms with E-state index in [2.05, 4.69) is 49.7 Å². The molecule has 0 aliphatic heterocycles. The van der Waals surface area contributed by atoms with Gasteiger partial charge in [-0.15, -0.1) is 0 Å². The number of imidazole rings is 2. The largest absolute Gasteiger partial charge is 0.342 e. The van der Waals surface area contributed by atoms with Crippen molar-refractivity contribution >= 4 is 22.6 Å². The van der Waals surface area contributed by atoms with Crippen molar-refractivity contribution in [3.8, 4) is 34.7 Å². The van der Waals surface area contributed by atoms with Crippen LogP contribution in [0.15, 0.2) is 60.9 Å². The Bertz CT molecular complexity index is 1170. The molecule has 31 heavy (non-hydrogen) atoms. The van der Waals surface area contributed by atoms with Gasteiger partial charge in [0.1, 0.15) is 11.6 Å². The van der Waals surface area contributed by atoms with E-state index in [9.17, 15) is 0 Å². The zero-order valence-corrected chi connectivity index (χ0v) is 20.0. The molecule has 0 radical (unpaired) electrons. The van der Waals surface area contributed by atoms with Gasteiger partial charge >= 0.3 is 0 Å². The van der Waals surface area contributed by atoms with Gasteiger partial charge < -0.3 is 9.55 Å². The van der Waals surface area contributed by atoms with E-state index in [1.165, 1.54) is 0 Å². The van der Waals surface area contributed by atoms with Crippen LogP contribution in [0.2, 0.25) is 0 Å². The van der Waals surface area contributed by atoms with Crippen molar-refractivity contribution in [3.05, 3.63) is 83.7 Å². The summed E-state index contributed by atoms with van der Waals surface area (Å²) >= 11 is 2.15. The van der Waals surface area contributed by atoms with Gasteiger partial charge in [0.15, 0.2) is 0 Å². The summed E-state index contributed by atoms with van der Waals surface area (Å²) in [4.78, 5) is 13.6. The summed E-state index contributed by atoms with van der Waals surface area (Å²) in [5.41, 5.74) is 5.35. The molecule has 1 N–H and O–H groups in total. The van der Waals surface area contributed by atoms with Crippen LogP contribution in [0.5, 0.6) is 0 Å². The van der Waals surface area contributed by atoms with Gasteiger partial charge in [0.25, 0.3) is 0 Å². The number of aromatic nitrogens is 4. The van der Waals surface area contributed by atoms with E-state index in [0.29, 0.717) is 11.1 Å². The van der Waals surface area contributed by atoms with E-state index in [1.807, 2.05) is 60.9 Å². The molecule has 2 aromatic carbocycles. The molecule has 156 valence electrons. The van der Waals surface area contributed by atoms with Crippen molar-refractivity contribution in [1.82, 2.24) is 19.5 Å². The van der Waals surface area contributed by atoms with E-state index in [-0.39, 0.29) is 0 Å². The molecular formula is C24H23IN6. The number of hydrogen-bond acceptors (Lipinski definition) is 4. The third-order valence-corrected chi connectivity index (χ3v) is 4.45. The molecule has 0 amide bonds. The molecule has 0 saturated heterocycles. The van der Waals surface area contributed by atoms with Crippen LogP contribution in [0.25, 0.3) is 22.5 Å². The van der Waals surface area contributed by atoms with Crippen LogP contribution in [0.3, 0.4) is 0 Å². The topological polar surface area (TPSA) is 94.1 Å². The van der Waals surface area contributed by atoms with Crippen molar-refractivity contribution < 1.29 is 0 Å². The van der Waals surface area contributed by atoms with Gasteiger partial charge in [0.05, 0.1) is 40.9 Å². The summed E-state index contributed by atoms with van der Waals surface area (Å²) in [5, 5.41) is 17.3. The fraction of sp³-hybridized carbons (Fsp3) is 0.167. The average Bonchev–Trinajstić information content (AvgIpc) is 3.41. The first-order valence-corrected chi connectivity index (χ1v) is 11.6. The molecule has 2 aromatic heterocycles. The minimum Gasteiger partial charge on any atom is -0.342 e. The third kappa shape index (κ3) is 6.53. The quantitative estimate of drug-likeness (QED) is 0.275. The number of nitrogens with one attached hydrogen (secondary N) is 1. The van der Waals surface area contributed by atoms with Crippen molar-refractivity contribution in [3.63, 3.8) is 0 Å². The molecule has 2 heterocycles. The fourth-order valence-electron chi connectivity index (χ4n) is 2.71. The van der Waals surface area contributed by atoms with Gasteiger partial charge in [0, 0.05) is 18.8 Å². The molecule has 6 nitrogen and oxygen atoms in total. The highest BCUT2D eigenvalue weighted by Crippen LogP contribution is 2.18. The summed E-state index contributed by atoms with van der Waals surface area (Å²) in [6, 6.07) is 19.0. The number of hydrogen-bond donors (Lipinski definition) is 1. The number of aromatic amines is 1. The lowest BCUT2D eigenvalue weighted by Crippen LogP contribution is -1.86. The van der Waals surface area contributed by atoms with Crippen LogP contribution < -0.4 is 0 Å². The summed E-state index contributed by atoms with van der Waals surface area (Å²) < 4.78 is 1.98. The van der Waals surface area contributed by atoms with Crippen molar-refractivity contribution in [1.29, 1.82) is 10.5 Å². The van der Waals surface area contributed by atoms with Crippen LogP contribution in [-0.4, -0.2) is 24.4 Å². The maximum atomic E-state index is 8.68. The maximum Gasteiger partial charge on any atom is 0.105 e. The molecule has 0 spiro atoms. The first kappa shape index (κ1) is 23.8. The normalized spacial score (nSPS) is 9.39. The lowest BCUT2D eigenvalue weighted by Gasteiger charge is -1.96. The van der Waals surface area contributed by atoms with Crippen LogP contribution in [0.1, 0.15) is 22.8 Å². The van der Waals surface area contributed by atoms with Crippen molar-refractivity contribution in [2.75, 3.05) is 4.93 Å². The smallest absolute Gasteiger partial charge is 0.105 e. The SMILES string of the molecule is CI.Cc1nc(-c2ccc(C#N)cc2)cn1C.Cc1ncc(-c2ccc(C#N)cc2)[nH]1. The number of rotatable bonds is 2. The number of H-pyrrole nitrogens is 1. The van der Waals surface area contributed by atoms with E-state index in [0.717, 1.165) is 34.2 Å². The van der Waals surface area contributed by atoms with E-state index >= 15 is 0 Å². The summed E-state index contributed by atoms with van der Waals surface area (Å²) in [5.74, 6) is 1.87. The Morgan fingerprint density at radius 2 is 1.39 bits per heavy atom. The first-order valence-electron chi connectivity index (χ1n) is 9.40. The standard InChI is InChI=1S/C12H11N3.C11H9N3.CH3I/c1-9-14-12(8-15(9)2)11-5-3-10(7-13)4-6-11;1-8-13-7-11(14-8)10-4-2-9(6-12)3-5-10;1-2/h3-6,8H,1-2H3;2-5,7H,1H3,(H,13,14);1H3. The monoisotopic (exact) mass is 522 g/mol. The molecule has 0 aliphatic carbocycles. The number of alkyl halides is 1. The molecule has 0 bridgehead atoms. The minimum absolute atomic E-state index is 0.671. The summed E-state index contributed by atoms with van der Waals surface area (Å²) in [6.45, 7) is 3.88. The molecule has 0 unspecified atom stereocenters.